The smallest absolute Gasteiger partial charge is 0.338 e. The normalized spacial score (nSPS) is 10.6. The number of anilines is 2. The number of pyridine rings is 1. The van der Waals surface area contributed by atoms with E-state index in [0.29, 0.717) is 18.8 Å². The van der Waals surface area contributed by atoms with Crippen LogP contribution < -0.4 is 15.0 Å². The van der Waals surface area contributed by atoms with E-state index in [0.717, 1.165) is 39.3 Å². The van der Waals surface area contributed by atoms with E-state index in [9.17, 15) is 4.79 Å². The molecule has 0 saturated carbocycles. The molecule has 5 heteroatoms. The number of nitrogens with one attached hydrogen (secondary N) is 2. The summed E-state index contributed by atoms with van der Waals surface area (Å²) in [5.41, 5.74) is 5.46. The van der Waals surface area contributed by atoms with Gasteiger partial charge in [-0.2, -0.15) is 0 Å². The fraction of sp³-hybridized carbons (Fsp3) is 0.154. The number of rotatable bonds is 7. The number of ether oxygens (including phenoxy) is 2. The summed E-state index contributed by atoms with van der Waals surface area (Å²) in [6.45, 7) is 4.68. The minimum atomic E-state index is -0.323. The summed E-state index contributed by atoms with van der Waals surface area (Å²) in [6.07, 6.45) is 0. The number of hydrogen-bond acceptors (Lipinski definition) is 4. The van der Waals surface area contributed by atoms with Crippen molar-refractivity contribution < 1.29 is 19.3 Å². The van der Waals surface area contributed by atoms with Crippen LogP contribution in [0.4, 0.5) is 11.4 Å². The first kappa shape index (κ1) is 20.4. The van der Waals surface area contributed by atoms with E-state index in [1.165, 1.54) is 0 Å². The molecule has 0 bridgehead atoms. The number of aromatic amines is 1. The first-order chi connectivity index (χ1) is 15.1. The van der Waals surface area contributed by atoms with E-state index >= 15 is 0 Å². The molecule has 0 spiro atoms. The SMILES string of the molecule is CCOC(=O)c1ccc2[nH+]c(C)cc(Nc3ccc(OCc4ccccc4)cc3)c2c1. The van der Waals surface area contributed by atoms with Gasteiger partial charge in [0, 0.05) is 24.7 Å². The topological polar surface area (TPSA) is 61.7 Å². The van der Waals surface area contributed by atoms with Crippen LogP contribution in [0.25, 0.3) is 10.9 Å². The Hall–Kier alpha value is -3.86. The highest BCUT2D eigenvalue weighted by Gasteiger charge is 2.14. The number of carbonyl (C=O) groups is 1. The molecular weight excluding hydrogens is 388 g/mol. The van der Waals surface area contributed by atoms with Crippen LogP contribution in [0.15, 0.2) is 78.9 Å². The molecule has 156 valence electrons. The Kier molecular flexibility index (Phi) is 6.13. The first-order valence-electron chi connectivity index (χ1n) is 10.3. The minimum Gasteiger partial charge on any atom is -0.489 e. The third-order valence-corrected chi connectivity index (χ3v) is 4.90. The van der Waals surface area contributed by atoms with Crippen LogP contribution in [-0.2, 0) is 11.3 Å². The van der Waals surface area contributed by atoms with Crippen molar-refractivity contribution in [1.29, 1.82) is 0 Å². The van der Waals surface area contributed by atoms with Gasteiger partial charge >= 0.3 is 5.97 Å². The van der Waals surface area contributed by atoms with Crippen LogP contribution in [0.2, 0.25) is 0 Å². The van der Waals surface area contributed by atoms with Crippen LogP contribution in [0, 0.1) is 6.92 Å². The molecule has 0 aliphatic carbocycles. The van der Waals surface area contributed by atoms with Crippen molar-refractivity contribution in [2.45, 2.75) is 20.5 Å². The molecule has 1 heterocycles. The van der Waals surface area contributed by atoms with E-state index in [-0.39, 0.29) is 5.97 Å². The van der Waals surface area contributed by atoms with Gasteiger partial charge in [-0.15, -0.1) is 0 Å². The number of fused-ring (bicyclic) bond motifs is 1. The summed E-state index contributed by atoms with van der Waals surface area (Å²) >= 11 is 0. The summed E-state index contributed by atoms with van der Waals surface area (Å²) in [7, 11) is 0. The number of hydrogen-bond donors (Lipinski definition) is 1. The molecule has 0 unspecified atom stereocenters. The van der Waals surface area contributed by atoms with Gasteiger partial charge in [0.1, 0.15) is 12.4 Å². The molecule has 0 aliphatic heterocycles. The maximum Gasteiger partial charge on any atom is 0.338 e. The van der Waals surface area contributed by atoms with Crippen molar-refractivity contribution in [2.75, 3.05) is 11.9 Å². The lowest BCUT2D eigenvalue weighted by Crippen LogP contribution is -2.11. The van der Waals surface area contributed by atoms with Crippen molar-refractivity contribution >= 4 is 28.2 Å². The van der Waals surface area contributed by atoms with Gasteiger partial charge in [-0.3, -0.25) is 0 Å². The van der Waals surface area contributed by atoms with Crippen LogP contribution >= 0.6 is 0 Å². The summed E-state index contributed by atoms with van der Waals surface area (Å²) in [4.78, 5) is 15.5. The third-order valence-electron chi connectivity index (χ3n) is 4.90. The van der Waals surface area contributed by atoms with Gasteiger partial charge in [-0.05, 0) is 48.9 Å². The van der Waals surface area contributed by atoms with E-state index in [1.54, 1.807) is 13.0 Å². The molecule has 0 radical (unpaired) electrons. The largest absolute Gasteiger partial charge is 0.489 e. The van der Waals surface area contributed by atoms with E-state index < -0.39 is 0 Å². The zero-order valence-corrected chi connectivity index (χ0v) is 17.6. The van der Waals surface area contributed by atoms with Gasteiger partial charge in [0.15, 0.2) is 5.69 Å². The van der Waals surface area contributed by atoms with E-state index in [2.05, 4.69) is 10.3 Å². The van der Waals surface area contributed by atoms with Crippen molar-refractivity contribution in [2.24, 2.45) is 0 Å². The number of aromatic nitrogens is 1. The zero-order chi connectivity index (χ0) is 21.6. The number of carbonyl (C=O) groups excluding carboxylic acids is 1. The van der Waals surface area contributed by atoms with Crippen LogP contribution in [-0.4, -0.2) is 12.6 Å². The highest BCUT2D eigenvalue weighted by molar-refractivity contribution is 5.98. The van der Waals surface area contributed by atoms with Gasteiger partial charge in [-0.25, -0.2) is 9.78 Å². The highest BCUT2D eigenvalue weighted by Crippen LogP contribution is 2.27. The van der Waals surface area contributed by atoms with Gasteiger partial charge in [0.25, 0.3) is 0 Å². The average molecular weight is 413 g/mol. The maximum absolute atomic E-state index is 12.2. The lowest BCUT2D eigenvalue weighted by atomic mass is 10.1. The third kappa shape index (κ3) is 5.01. The second-order valence-corrected chi connectivity index (χ2v) is 7.27. The molecule has 0 fully saturated rings. The molecule has 0 saturated heterocycles. The summed E-state index contributed by atoms with van der Waals surface area (Å²) in [5, 5.41) is 4.38. The Morgan fingerprint density at radius 2 is 1.74 bits per heavy atom. The van der Waals surface area contributed by atoms with E-state index in [4.69, 9.17) is 9.47 Å². The Balaban J connectivity index is 1.54. The molecule has 4 aromatic rings. The minimum absolute atomic E-state index is 0.323. The number of benzene rings is 3. The molecule has 0 amide bonds. The predicted molar refractivity (Wildman–Crippen MR) is 122 cm³/mol. The summed E-state index contributed by atoms with van der Waals surface area (Å²) in [5.74, 6) is 0.484. The summed E-state index contributed by atoms with van der Waals surface area (Å²) in [6, 6.07) is 25.5. The lowest BCUT2D eigenvalue weighted by molar-refractivity contribution is -0.354. The molecule has 0 atom stereocenters. The average Bonchev–Trinajstić information content (AvgIpc) is 2.79. The van der Waals surface area contributed by atoms with Crippen LogP contribution in [0.5, 0.6) is 5.75 Å². The number of aryl methyl sites for hydroxylation is 1. The summed E-state index contributed by atoms with van der Waals surface area (Å²) < 4.78 is 11.0. The molecule has 1 aromatic heterocycles. The monoisotopic (exact) mass is 413 g/mol. The molecule has 0 aliphatic rings. The van der Waals surface area contributed by atoms with Gasteiger partial charge in [0.05, 0.1) is 23.2 Å². The predicted octanol–water partition coefficient (Wildman–Crippen LogP) is 5.46. The first-order valence-corrected chi connectivity index (χ1v) is 10.3. The Morgan fingerprint density at radius 3 is 2.48 bits per heavy atom. The fourth-order valence-corrected chi connectivity index (χ4v) is 3.39. The van der Waals surface area contributed by atoms with Gasteiger partial charge in [0.2, 0.25) is 5.52 Å². The second-order valence-electron chi connectivity index (χ2n) is 7.27. The molecule has 31 heavy (non-hydrogen) atoms. The lowest BCUT2D eigenvalue weighted by Gasteiger charge is -2.11. The van der Waals surface area contributed by atoms with Crippen molar-refractivity contribution in [3.63, 3.8) is 0 Å². The van der Waals surface area contributed by atoms with Crippen molar-refractivity contribution in [3.05, 3.63) is 95.7 Å². The van der Waals surface area contributed by atoms with Gasteiger partial charge in [-0.1, -0.05) is 30.3 Å². The molecule has 5 nitrogen and oxygen atoms in total. The molecule has 4 rings (SSSR count). The van der Waals surface area contributed by atoms with Crippen LogP contribution in [0.3, 0.4) is 0 Å². The second kappa shape index (κ2) is 9.30. The molecule has 3 aromatic carbocycles. The number of esters is 1. The number of H-pyrrole nitrogens is 1. The van der Waals surface area contributed by atoms with Crippen molar-refractivity contribution in [3.8, 4) is 5.75 Å². The van der Waals surface area contributed by atoms with Crippen LogP contribution in [0.1, 0.15) is 28.5 Å². The zero-order valence-electron chi connectivity index (χ0n) is 17.6. The van der Waals surface area contributed by atoms with Crippen molar-refractivity contribution in [1.82, 2.24) is 0 Å². The standard InChI is InChI=1S/C26H24N2O3/c1-3-30-26(29)20-9-14-24-23(16-20)25(15-18(2)27-24)28-21-10-12-22(13-11-21)31-17-19-7-5-4-6-8-19/h4-16H,3,17H2,1-2H3,(H,27,28)/p+1. The Morgan fingerprint density at radius 1 is 0.968 bits per heavy atom. The Bertz CT molecular complexity index is 1190. The van der Waals surface area contributed by atoms with E-state index in [1.807, 2.05) is 79.7 Å². The quantitative estimate of drug-likeness (QED) is 0.409. The maximum atomic E-state index is 12.2. The highest BCUT2D eigenvalue weighted by atomic mass is 16.5. The fourth-order valence-electron chi connectivity index (χ4n) is 3.39. The molecule has 2 N–H and O–H groups in total. The molecular formula is C26H25N2O3+. The Labute approximate surface area is 181 Å². The van der Waals surface area contributed by atoms with Gasteiger partial charge < -0.3 is 14.8 Å².